The summed E-state index contributed by atoms with van der Waals surface area (Å²) in [5.74, 6) is 0.688. The highest BCUT2D eigenvalue weighted by Crippen LogP contribution is 2.32. The van der Waals surface area contributed by atoms with E-state index in [1.165, 1.54) is 0 Å². The van der Waals surface area contributed by atoms with Crippen molar-refractivity contribution in [2.45, 2.75) is 23.2 Å². The van der Waals surface area contributed by atoms with E-state index in [-0.39, 0.29) is 11.5 Å². The van der Waals surface area contributed by atoms with Gasteiger partial charge in [0.05, 0.1) is 4.90 Å². The van der Waals surface area contributed by atoms with E-state index in [1.54, 1.807) is 18.2 Å². The standard InChI is InChI=1S/C16H11F3O4S/c17-16(18,19)24(21,22)13-5-2-11(3-6-13)23-12-4-7-14-10(9-12)1-8-15(14)20/h2-7,9H,1,8H2. The molecule has 0 saturated heterocycles. The average molecular weight is 356 g/mol. The van der Waals surface area contributed by atoms with Gasteiger partial charge in [-0.2, -0.15) is 13.2 Å². The highest BCUT2D eigenvalue weighted by Gasteiger charge is 2.46. The van der Waals surface area contributed by atoms with Gasteiger partial charge in [0.1, 0.15) is 11.5 Å². The molecule has 0 amide bonds. The third-order valence-corrected chi connectivity index (χ3v) is 5.18. The highest BCUT2D eigenvalue weighted by molar-refractivity contribution is 7.92. The van der Waals surface area contributed by atoms with Crippen LogP contribution in [0.4, 0.5) is 13.2 Å². The van der Waals surface area contributed by atoms with Gasteiger partial charge in [-0.1, -0.05) is 0 Å². The molecule has 1 aliphatic carbocycles. The number of carbonyl (C=O) groups is 1. The zero-order valence-corrected chi connectivity index (χ0v) is 12.9. The number of carbonyl (C=O) groups excluding carboxylic acids is 1. The summed E-state index contributed by atoms with van der Waals surface area (Å²) >= 11 is 0. The number of sulfone groups is 1. The lowest BCUT2D eigenvalue weighted by Gasteiger charge is -2.10. The fourth-order valence-electron chi connectivity index (χ4n) is 2.45. The largest absolute Gasteiger partial charge is 0.501 e. The molecule has 2 aromatic rings. The van der Waals surface area contributed by atoms with Crippen LogP contribution < -0.4 is 4.74 Å². The van der Waals surface area contributed by atoms with Crippen molar-refractivity contribution in [1.29, 1.82) is 0 Å². The van der Waals surface area contributed by atoms with E-state index in [0.717, 1.165) is 29.8 Å². The van der Waals surface area contributed by atoms with Crippen molar-refractivity contribution in [3.05, 3.63) is 53.6 Å². The number of hydrogen-bond donors (Lipinski definition) is 0. The number of ketones is 1. The quantitative estimate of drug-likeness (QED) is 0.837. The molecule has 0 radical (unpaired) electrons. The monoisotopic (exact) mass is 356 g/mol. The van der Waals surface area contributed by atoms with Crippen molar-refractivity contribution in [3.8, 4) is 11.5 Å². The first kappa shape index (κ1) is 16.5. The van der Waals surface area contributed by atoms with Gasteiger partial charge in [0, 0.05) is 12.0 Å². The van der Waals surface area contributed by atoms with E-state index in [4.69, 9.17) is 4.74 Å². The molecule has 0 fully saturated rings. The molecule has 2 aromatic carbocycles. The number of fused-ring (bicyclic) bond motifs is 1. The molecule has 24 heavy (non-hydrogen) atoms. The molecule has 0 aliphatic heterocycles. The van der Waals surface area contributed by atoms with Gasteiger partial charge < -0.3 is 4.74 Å². The summed E-state index contributed by atoms with van der Waals surface area (Å²) in [6, 6.07) is 8.91. The molecule has 0 N–H and O–H groups in total. The van der Waals surface area contributed by atoms with Crippen LogP contribution >= 0.6 is 0 Å². The number of Topliss-reactive ketones (excluding diaryl/α,β-unsaturated/α-hetero) is 1. The second kappa shape index (κ2) is 5.62. The molecule has 0 spiro atoms. The zero-order chi connectivity index (χ0) is 17.5. The maximum Gasteiger partial charge on any atom is 0.501 e. The average Bonchev–Trinajstić information content (AvgIpc) is 2.88. The Morgan fingerprint density at radius 1 is 0.917 bits per heavy atom. The molecule has 126 valence electrons. The maximum absolute atomic E-state index is 12.5. The van der Waals surface area contributed by atoms with Gasteiger partial charge in [-0.25, -0.2) is 8.42 Å². The van der Waals surface area contributed by atoms with Crippen LogP contribution in [0.1, 0.15) is 22.3 Å². The number of rotatable bonds is 3. The number of hydrogen-bond acceptors (Lipinski definition) is 4. The Morgan fingerprint density at radius 2 is 1.54 bits per heavy atom. The summed E-state index contributed by atoms with van der Waals surface area (Å²) in [7, 11) is -5.37. The third kappa shape index (κ3) is 2.89. The second-order valence-corrected chi connectivity index (χ2v) is 7.21. The molecule has 3 rings (SSSR count). The van der Waals surface area contributed by atoms with Crippen LogP contribution in [0.5, 0.6) is 11.5 Å². The van der Waals surface area contributed by atoms with E-state index in [2.05, 4.69) is 0 Å². The minimum atomic E-state index is -5.37. The van der Waals surface area contributed by atoms with Crippen LogP contribution in [-0.4, -0.2) is 19.7 Å². The van der Waals surface area contributed by atoms with E-state index >= 15 is 0 Å². The van der Waals surface area contributed by atoms with Crippen molar-refractivity contribution >= 4 is 15.6 Å². The summed E-state index contributed by atoms with van der Waals surface area (Å²) in [5.41, 5.74) is -3.84. The van der Waals surface area contributed by atoms with Crippen molar-refractivity contribution in [2.75, 3.05) is 0 Å². The first-order valence-electron chi connectivity index (χ1n) is 6.94. The first-order chi connectivity index (χ1) is 11.2. The van der Waals surface area contributed by atoms with Gasteiger partial charge in [-0.3, -0.25) is 4.79 Å². The Bertz CT molecular complexity index is 900. The van der Waals surface area contributed by atoms with Crippen LogP contribution in [0.3, 0.4) is 0 Å². The van der Waals surface area contributed by atoms with Gasteiger partial charge in [0.15, 0.2) is 5.78 Å². The van der Waals surface area contributed by atoms with Gasteiger partial charge in [-0.15, -0.1) is 0 Å². The van der Waals surface area contributed by atoms with Gasteiger partial charge in [0.2, 0.25) is 0 Å². The summed E-state index contributed by atoms with van der Waals surface area (Å²) in [6.07, 6.45) is 1.07. The Labute approximate surface area is 135 Å². The first-order valence-corrected chi connectivity index (χ1v) is 8.42. The minimum Gasteiger partial charge on any atom is -0.457 e. The summed E-state index contributed by atoms with van der Waals surface area (Å²) in [6.45, 7) is 0. The Morgan fingerprint density at radius 3 is 2.17 bits per heavy atom. The lowest BCUT2D eigenvalue weighted by molar-refractivity contribution is -0.0436. The lowest BCUT2D eigenvalue weighted by atomic mass is 10.1. The number of ether oxygens (including phenoxy) is 1. The Balaban J connectivity index is 1.82. The van der Waals surface area contributed by atoms with E-state index in [9.17, 15) is 26.4 Å². The van der Waals surface area contributed by atoms with E-state index < -0.39 is 20.2 Å². The van der Waals surface area contributed by atoms with Crippen LogP contribution in [0.2, 0.25) is 0 Å². The fourth-order valence-corrected chi connectivity index (χ4v) is 3.21. The smallest absolute Gasteiger partial charge is 0.457 e. The molecule has 0 unspecified atom stereocenters. The molecule has 8 heteroatoms. The molecule has 0 heterocycles. The van der Waals surface area contributed by atoms with E-state index in [1.807, 2.05) is 0 Å². The molecule has 0 saturated carbocycles. The van der Waals surface area contributed by atoms with E-state index in [0.29, 0.717) is 24.2 Å². The number of benzene rings is 2. The SMILES string of the molecule is O=C1CCc2cc(Oc3ccc(S(=O)(=O)C(F)(F)F)cc3)ccc21. The van der Waals surface area contributed by atoms with Crippen LogP contribution in [0, 0.1) is 0 Å². The number of alkyl halides is 3. The molecule has 0 aromatic heterocycles. The Kier molecular flexibility index (Phi) is 3.87. The lowest BCUT2D eigenvalue weighted by Crippen LogP contribution is -2.23. The van der Waals surface area contributed by atoms with Crippen LogP contribution in [0.15, 0.2) is 47.4 Å². The molecule has 1 aliphatic rings. The molecule has 0 bridgehead atoms. The van der Waals surface area contributed by atoms with Crippen LogP contribution in [-0.2, 0) is 16.3 Å². The van der Waals surface area contributed by atoms with Crippen molar-refractivity contribution in [2.24, 2.45) is 0 Å². The third-order valence-electron chi connectivity index (χ3n) is 3.67. The van der Waals surface area contributed by atoms with Crippen molar-refractivity contribution < 1.29 is 31.1 Å². The van der Waals surface area contributed by atoms with Crippen molar-refractivity contribution in [3.63, 3.8) is 0 Å². The molecular formula is C16H11F3O4S. The predicted molar refractivity (Wildman–Crippen MR) is 78.9 cm³/mol. The van der Waals surface area contributed by atoms with Gasteiger partial charge in [-0.05, 0) is 54.4 Å². The van der Waals surface area contributed by atoms with Gasteiger partial charge >= 0.3 is 5.51 Å². The molecule has 0 atom stereocenters. The second-order valence-electron chi connectivity index (χ2n) is 5.26. The minimum absolute atomic E-state index is 0.0678. The normalized spacial score (nSPS) is 14.5. The van der Waals surface area contributed by atoms with Gasteiger partial charge in [0.25, 0.3) is 9.84 Å². The topological polar surface area (TPSA) is 60.4 Å². The molecular weight excluding hydrogens is 345 g/mol. The number of aryl methyl sites for hydroxylation is 1. The fraction of sp³-hybridized carbons (Fsp3) is 0.188. The predicted octanol–water partition coefficient (Wildman–Crippen LogP) is 3.90. The van der Waals surface area contributed by atoms with Crippen LogP contribution in [0.25, 0.3) is 0 Å². The summed E-state index contributed by atoms with van der Waals surface area (Å²) < 4.78 is 65.5. The zero-order valence-electron chi connectivity index (χ0n) is 12.1. The summed E-state index contributed by atoms with van der Waals surface area (Å²) in [5, 5.41) is 0. The molecule has 4 nitrogen and oxygen atoms in total. The summed E-state index contributed by atoms with van der Waals surface area (Å²) in [4.78, 5) is 10.7. The van der Waals surface area contributed by atoms with Crippen molar-refractivity contribution in [1.82, 2.24) is 0 Å². The highest BCUT2D eigenvalue weighted by atomic mass is 32.2. The number of halogens is 3. The maximum atomic E-state index is 12.5. The Hall–Kier alpha value is -2.35.